The van der Waals surface area contributed by atoms with E-state index in [1.807, 2.05) is 0 Å². The number of nitrogens with one attached hydrogen (secondary N) is 1. The van der Waals surface area contributed by atoms with Gasteiger partial charge in [0, 0.05) is 24.8 Å². The number of pyridine rings is 1. The van der Waals surface area contributed by atoms with Crippen molar-refractivity contribution in [3.8, 4) is 0 Å². The number of carbonyl (C=O) groups is 3. The second kappa shape index (κ2) is 9.59. The number of benzene rings is 1. The molecular formula is C21H20F3N3O4. The Kier molecular flexibility index (Phi) is 6.88. The van der Waals surface area contributed by atoms with Gasteiger partial charge in [-0.1, -0.05) is 18.2 Å². The first kappa shape index (κ1) is 22.3. The summed E-state index contributed by atoms with van der Waals surface area (Å²) in [6.45, 7) is -0.356. The van der Waals surface area contributed by atoms with Gasteiger partial charge < -0.3 is 9.64 Å². The van der Waals surface area contributed by atoms with Gasteiger partial charge in [0.2, 0.25) is 0 Å². The zero-order chi connectivity index (χ0) is 22.4. The molecule has 1 N–H and O–H groups in total. The van der Waals surface area contributed by atoms with Crippen molar-refractivity contribution in [2.45, 2.75) is 19.0 Å². The Hall–Kier alpha value is -3.43. The SMILES string of the molecule is O=C(COC(=O)C1CCCN(c2ncccc2C(F)(F)F)C1)NC(=O)c1ccccc1. The lowest BCUT2D eigenvalue weighted by Crippen LogP contribution is -2.41. The normalized spacial score (nSPS) is 16.5. The van der Waals surface area contributed by atoms with Crippen LogP contribution in [0, 0.1) is 5.92 Å². The van der Waals surface area contributed by atoms with E-state index in [1.165, 1.54) is 29.3 Å². The van der Waals surface area contributed by atoms with E-state index < -0.39 is 42.0 Å². The van der Waals surface area contributed by atoms with Crippen LogP contribution in [0.15, 0.2) is 48.7 Å². The molecule has 7 nitrogen and oxygen atoms in total. The van der Waals surface area contributed by atoms with Gasteiger partial charge in [0.25, 0.3) is 11.8 Å². The van der Waals surface area contributed by atoms with Gasteiger partial charge in [-0.2, -0.15) is 13.2 Å². The molecule has 2 aromatic rings. The molecule has 2 amide bonds. The van der Waals surface area contributed by atoms with E-state index in [2.05, 4.69) is 10.3 Å². The van der Waals surface area contributed by atoms with Gasteiger partial charge >= 0.3 is 12.1 Å². The predicted molar refractivity (Wildman–Crippen MR) is 104 cm³/mol. The van der Waals surface area contributed by atoms with Crippen LogP contribution in [0.3, 0.4) is 0 Å². The zero-order valence-corrected chi connectivity index (χ0v) is 16.4. The first-order chi connectivity index (χ1) is 14.8. The highest BCUT2D eigenvalue weighted by molar-refractivity contribution is 6.05. The summed E-state index contributed by atoms with van der Waals surface area (Å²) < 4.78 is 44.8. The standard InChI is InChI=1S/C21H20F3N3O4/c22-21(23,24)16-9-4-10-25-18(16)27-11-5-8-15(12-27)20(30)31-13-17(28)26-19(29)14-6-2-1-3-7-14/h1-4,6-7,9-10,15H,5,8,11-13H2,(H,26,28,29). The van der Waals surface area contributed by atoms with Crippen LogP contribution in [0.1, 0.15) is 28.8 Å². The third-order valence-corrected chi connectivity index (χ3v) is 4.78. The quantitative estimate of drug-likeness (QED) is 0.727. The van der Waals surface area contributed by atoms with Gasteiger partial charge in [-0.15, -0.1) is 0 Å². The molecule has 1 atom stereocenters. The molecule has 1 aliphatic rings. The summed E-state index contributed by atoms with van der Waals surface area (Å²) in [5.74, 6) is -3.08. The van der Waals surface area contributed by atoms with Crippen molar-refractivity contribution in [2.75, 3.05) is 24.6 Å². The van der Waals surface area contributed by atoms with Crippen molar-refractivity contribution < 1.29 is 32.3 Å². The number of alkyl halides is 3. The Labute approximate surface area is 176 Å². The molecule has 164 valence electrons. The van der Waals surface area contributed by atoms with E-state index >= 15 is 0 Å². The summed E-state index contributed by atoms with van der Waals surface area (Å²) in [7, 11) is 0. The minimum Gasteiger partial charge on any atom is -0.455 e. The first-order valence-electron chi connectivity index (χ1n) is 9.58. The van der Waals surface area contributed by atoms with Crippen molar-refractivity contribution in [3.05, 3.63) is 59.8 Å². The molecule has 1 saturated heterocycles. The maximum atomic E-state index is 13.3. The highest BCUT2D eigenvalue weighted by Gasteiger charge is 2.37. The summed E-state index contributed by atoms with van der Waals surface area (Å²) >= 11 is 0. The van der Waals surface area contributed by atoms with Gasteiger partial charge in [-0.25, -0.2) is 4.98 Å². The van der Waals surface area contributed by atoms with Crippen LogP contribution in [0.5, 0.6) is 0 Å². The fourth-order valence-electron chi connectivity index (χ4n) is 3.31. The predicted octanol–water partition coefficient (Wildman–Crippen LogP) is 2.82. The smallest absolute Gasteiger partial charge is 0.419 e. The fraction of sp³-hybridized carbons (Fsp3) is 0.333. The van der Waals surface area contributed by atoms with Crippen molar-refractivity contribution >= 4 is 23.6 Å². The Morgan fingerprint density at radius 2 is 1.87 bits per heavy atom. The van der Waals surface area contributed by atoms with Crippen LogP contribution in [0.25, 0.3) is 0 Å². The number of rotatable bonds is 5. The molecular weight excluding hydrogens is 415 g/mol. The number of anilines is 1. The number of halogens is 3. The molecule has 1 aromatic carbocycles. The van der Waals surface area contributed by atoms with Crippen LogP contribution in [-0.4, -0.2) is 42.5 Å². The van der Waals surface area contributed by atoms with Crippen LogP contribution in [0.4, 0.5) is 19.0 Å². The molecule has 0 saturated carbocycles. The Balaban J connectivity index is 1.56. The van der Waals surface area contributed by atoms with Gasteiger partial charge in [0.05, 0.1) is 11.5 Å². The van der Waals surface area contributed by atoms with E-state index in [0.29, 0.717) is 19.4 Å². The van der Waals surface area contributed by atoms with E-state index in [-0.39, 0.29) is 17.9 Å². The second-order valence-electron chi connectivity index (χ2n) is 7.01. The Morgan fingerprint density at radius 1 is 1.13 bits per heavy atom. The molecule has 1 unspecified atom stereocenters. The number of esters is 1. The topological polar surface area (TPSA) is 88.6 Å². The number of hydrogen-bond donors (Lipinski definition) is 1. The molecule has 0 radical (unpaired) electrons. The summed E-state index contributed by atoms with van der Waals surface area (Å²) in [6, 6.07) is 10.2. The van der Waals surface area contributed by atoms with Crippen molar-refractivity contribution in [1.82, 2.24) is 10.3 Å². The first-order valence-corrected chi connectivity index (χ1v) is 9.58. The van der Waals surface area contributed by atoms with E-state index in [4.69, 9.17) is 4.74 Å². The van der Waals surface area contributed by atoms with Crippen LogP contribution in [0.2, 0.25) is 0 Å². The third-order valence-electron chi connectivity index (χ3n) is 4.78. The molecule has 2 heterocycles. The monoisotopic (exact) mass is 435 g/mol. The number of ether oxygens (including phenoxy) is 1. The molecule has 3 rings (SSSR count). The lowest BCUT2D eigenvalue weighted by molar-refractivity contribution is -0.152. The Bertz CT molecular complexity index is 950. The maximum Gasteiger partial charge on any atom is 0.419 e. The molecule has 1 aromatic heterocycles. The molecule has 0 bridgehead atoms. The number of imide groups is 1. The molecule has 1 aliphatic heterocycles. The fourth-order valence-corrected chi connectivity index (χ4v) is 3.31. The van der Waals surface area contributed by atoms with Crippen LogP contribution in [-0.2, 0) is 20.5 Å². The highest BCUT2D eigenvalue weighted by Crippen LogP contribution is 2.36. The van der Waals surface area contributed by atoms with Gasteiger partial charge in [0.15, 0.2) is 6.61 Å². The van der Waals surface area contributed by atoms with Crippen molar-refractivity contribution in [2.24, 2.45) is 5.92 Å². The van der Waals surface area contributed by atoms with Gasteiger partial charge in [-0.05, 0) is 37.1 Å². The number of amides is 2. The number of carbonyl (C=O) groups excluding carboxylic acids is 3. The van der Waals surface area contributed by atoms with Gasteiger partial charge in [0.1, 0.15) is 5.82 Å². The summed E-state index contributed by atoms with van der Waals surface area (Å²) in [6.07, 6.45) is -2.43. The van der Waals surface area contributed by atoms with Crippen molar-refractivity contribution in [1.29, 1.82) is 0 Å². The Morgan fingerprint density at radius 3 is 2.58 bits per heavy atom. The minimum absolute atomic E-state index is 0.0104. The third kappa shape index (κ3) is 5.80. The largest absolute Gasteiger partial charge is 0.455 e. The minimum atomic E-state index is -4.57. The van der Waals surface area contributed by atoms with E-state index in [9.17, 15) is 27.6 Å². The average Bonchev–Trinajstić information content (AvgIpc) is 2.77. The summed E-state index contributed by atoms with van der Waals surface area (Å²) in [5.41, 5.74) is -0.594. The number of piperidine rings is 1. The van der Waals surface area contributed by atoms with Crippen LogP contribution < -0.4 is 10.2 Å². The van der Waals surface area contributed by atoms with Crippen LogP contribution >= 0.6 is 0 Å². The number of nitrogens with zero attached hydrogens (tertiary/aromatic N) is 2. The molecule has 0 aliphatic carbocycles. The number of hydrogen-bond acceptors (Lipinski definition) is 6. The maximum absolute atomic E-state index is 13.3. The average molecular weight is 435 g/mol. The second-order valence-corrected chi connectivity index (χ2v) is 7.01. The number of aromatic nitrogens is 1. The zero-order valence-electron chi connectivity index (χ0n) is 16.4. The van der Waals surface area contributed by atoms with Gasteiger partial charge in [-0.3, -0.25) is 19.7 Å². The van der Waals surface area contributed by atoms with E-state index in [0.717, 1.165) is 6.07 Å². The highest BCUT2D eigenvalue weighted by atomic mass is 19.4. The van der Waals surface area contributed by atoms with E-state index in [1.54, 1.807) is 18.2 Å². The molecule has 0 spiro atoms. The van der Waals surface area contributed by atoms with Crippen molar-refractivity contribution in [3.63, 3.8) is 0 Å². The molecule has 31 heavy (non-hydrogen) atoms. The summed E-state index contributed by atoms with van der Waals surface area (Å²) in [4.78, 5) is 41.4. The lowest BCUT2D eigenvalue weighted by atomic mass is 9.98. The molecule has 1 fully saturated rings. The lowest BCUT2D eigenvalue weighted by Gasteiger charge is -2.33. The summed E-state index contributed by atoms with van der Waals surface area (Å²) in [5, 5.41) is 2.11. The molecule has 10 heteroatoms.